The highest BCUT2D eigenvalue weighted by atomic mass is 32.1. The number of carbonyl (C=O) groups is 1. The van der Waals surface area contributed by atoms with E-state index < -0.39 is 6.03 Å². The SMILES string of the molecule is Cc1ccc2sc(NC(=O)Nc3ccc(F)cc3)nc2c1C. The molecule has 0 aliphatic rings. The van der Waals surface area contributed by atoms with Crippen LogP contribution in [0.1, 0.15) is 11.1 Å². The average Bonchev–Trinajstić information content (AvgIpc) is 2.89. The highest BCUT2D eigenvalue weighted by molar-refractivity contribution is 7.22. The first-order chi connectivity index (χ1) is 10.5. The summed E-state index contributed by atoms with van der Waals surface area (Å²) in [4.78, 5) is 16.4. The summed E-state index contributed by atoms with van der Waals surface area (Å²) in [6.07, 6.45) is 0. The van der Waals surface area contributed by atoms with Gasteiger partial charge in [-0.1, -0.05) is 17.4 Å². The van der Waals surface area contributed by atoms with Gasteiger partial charge in [0.15, 0.2) is 5.13 Å². The maximum atomic E-state index is 12.8. The molecule has 0 radical (unpaired) electrons. The Bertz CT molecular complexity index is 842. The number of thiazole rings is 1. The van der Waals surface area contributed by atoms with Gasteiger partial charge in [0.25, 0.3) is 0 Å². The number of hydrogen-bond acceptors (Lipinski definition) is 3. The molecule has 4 nitrogen and oxygen atoms in total. The lowest BCUT2D eigenvalue weighted by molar-refractivity contribution is 0.262. The van der Waals surface area contributed by atoms with Gasteiger partial charge >= 0.3 is 6.03 Å². The molecule has 2 N–H and O–H groups in total. The van der Waals surface area contributed by atoms with Crippen molar-refractivity contribution in [1.29, 1.82) is 0 Å². The Morgan fingerprint density at radius 2 is 1.82 bits per heavy atom. The summed E-state index contributed by atoms with van der Waals surface area (Å²) in [5, 5.41) is 5.87. The smallest absolute Gasteiger partial charge is 0.308 e. The predicted molar refractivity (Wildman–Crippen MR) is 88.1 cm³/mol. The van der Waals surface area contributed by atoms with Crippen LogP contribution < -0.4 is 10.6 Å². The van der Waals surface area contributed by atoms with Crippen LogP contribution in [-0.4, -0.2) is 11.0 Å². The zero-order valence-electron chi connectivity index (χ0n) is 12.1. The number of anilines is 2. The lowest BCUT2D eigenvalue weighted by atomic mass is 10.1. The lowest BCUT2D eigenvalue weighted by Crippen LogP contribution is -2.19. The van der Waals surface area contributed by atoms with E-state index in [0.717, 1.165) is 15.8 Å². The van der Waals surface area contributed by atoms with Gasteiger partial charge in [-0.25, -0.2) is 14.2 Å². The van der Waals surface area contributed by atoms with E-state index in [-0.39, 0.29) is 5.82 Å². The molecule has 0 unspecified atom stereocenters. The van der Waals surface area contributed by atoms with Crippen molar-refractivity contribution in [3.05, 3.63) is 53.3 Å². The molecule has 0 aliphatic carbocycles. The van der Waals surface area contributed by atoms with Gasteiger partial charge < -0.3 is 5.32 Å². The fourth-order valence-corrected chi connectivity index (χ4v) is 2.99. The van der Waals surface area contributed by atoms with Gasteiger partial charge in [-0.3, -0.25) is 5.32 Å². The Kier molecular flexibility index (Phi) is 3.77. The minimum absolute atomic E-state index is 0.344. The van der Waals surface area contributed by atoms with Crippen LogP contribution >= 0.6 is 11.3 Å². The van der Waals surface area contributed by atoms with Crippen molar-refractivity contribution >= 4 is 38.4 Å². The first-order valence-electron chi connectivity index (χ1n) is 6.73. The number of aryl methyl sites for hydroxylation is 2. The second kappa shape index (κ2) is 5.73. The molecule has 6 heteroatoms. The lowest BCUT2D eigenvalue weighted by Gasteiger charge is -2.04. The van der Waals surface area contributed by atoms with Crippen molar-refractivity contribution in [2.24, 2.45) is 0 Å². The summed E-state index contributed by atoms with van der Waals surface area (Å²) in [5.74, 6) is -0.344. The normalized spacial score (nSPS) is 10.7. The Hall–Kier alpha value is -2.47. The first kappa shape index (κ1) is 14.5. The van der Waals surface area contributed by atoms with E-state index in [9.17, 15) is 9.18 Å². The number of amides is 2. The Labute approximate surface area is 131 Å². The van der Waals surface area contributed by atoms with Gasteiger partial charge in [-0.2, -0.15) is 0 Å². The van der Waals surface area contributed by atoms with Crippen LogP contribution in [0.4, 0.5) is 20.0 Å². The zero-order chi connectivity index (χ0) is 15.7. The molecule has 1 heterocycles. The fraction of sp³-hybridized carbons (Fsp3) is 0.125. The van der Waals surface area contributed by atoms with Crippen LogP contribution in [0.25, 0.3) is 10.2 Å². The molecule has 1 aromatic heterocycles. The summed E-state index contributed by atoms with van der Waals surface area (Å²) < 4.78 is 13.9. The van der Waals surface area contributed by atoms with Gasteiger partial charge in [0.2, 0.25) is 0 Å². The van der Waals surface area contributed by atoms with Crippen molar-refractivity contribution in [1.82, 2.24) is 4.98 Å². The van der Waals surface area contributed by atoms with Crippen molar-refractivity contribution in [3.63, 3.8) is 0 Å². The highest BCUT2D eigenvalue weighted by Crippen LogP contribution is 2.29. The molecule has 2 aromatic carbocycles. The quantitative estimate of drug-likeness (QED) is 0.720. The van der Waals surface area contributed by atoms with Crippen LogP contribution in [0.2, 0.25) is 0 Å². The molecule has 2 amide bonds. The number of fused-ring (bicyclic) bond motifs is 1. The topological polar surface area (TPSA) is 54.0 Å². The molecule has 3 aromatic rings. The molecular formula is C16H14FN3OS. The first-order valence-corrected chi connectivity index (χ1v) is 7.55. The molecule has 0 fully saturated rings. The second-order valence-corrected chi connectivity index (χ2v) is 5.99. The third-order valence-electron chi connectivity index (χ3n) is 3.41. The van der Waals surface area contributed by atoms with Crippen molar-refractivity contribution < 1.29 is 9.18 Å². The van der Waals surface area contributed by atoms with E-state index in [4.69, 9.17) is 0 Å². The monoisotopic (exact) mass is 315 g/mol. The summed E-state index contributed by atoms with van der Waals surface area (Å²) in [5.41, 5.74) is 3.70. The van der Waals surface area contributed by atoms with E-state index in [1.807, 2.05) is 26.0 Å². The van der Waals surface area contributed by atoms with Gasteiger partial charge in [-0.05, 0) is 55.3 Å². The molecule has 22 heavy (non-hydrogen) atoms. The van der Waals surface area contributed by atoms with Gasteiger partial charge in [-0.15, -0.1) is 0 Å². The van der Waals surface area contributed by atoms with E-state index in [2.05, 4.69) is 15.6 Å². The second-order valence-electron chi connectivity index (χ2n) is 4.96. The van der Waals surface area contributed by atoms with Crippen LogP contribution in [0.5, 0.6) is 0 Å². The van der Waals surface area contributed by atoms with Crippen LogP contribution in [0.3, 0.4) is 0 Å². The average molecular weight is 315 g/mol. The summed E-state index contributed by atoms with van der Waals surface area (Å²) in [7, 11) is 0. The third kappa shape index (κ3) is 2.92. The number of rotatable bonds is 2. The molecule has 0 aliphatic heterocycles. The number of aromatic nitrogens is 1. The minimum atomic E-state index is -0.403. The Balaban J connectivity index is 1.76. The minimum Gasteiger partial charge on any atom is -0.308 e. The number of nitrogens with zero attached hydrogens (tertiary/aromatic N) is 1. The standard InChI is InChI=1S/C16H14FN3OS/c1-9-3-8-13-14(10(9)2)19-16(22-13)20-15(21)18-12-6-4-11(17)5-7-12/h3-8H,1-2H3,(H2,18,19,20,21). The summed E-state index contributed by atoms with van der Waals surface area (Å²) >= 11 is 1.42. The van der Waals surface area contributed by atoms with Crippen molar-refractivity contribution in [3.8, 4) is 0 Å². The number of carbonyl (C=O) groups excluding carboxylic acids is 1. The molecule has 0 bridgehead atoms. The predicted octanol–water partition coefficient (Wildman–Crippen LogP) is 4.70. The van der Waals surface area contributed by atoms with E-state index >= 15 is 0 Å². The molecule has 0 spiro atoms. The number of hydrogen-bond donors (Lipinski definition) is 2. The third-order valence-corrected chi connectivity index (χ3v) is 4.34. The van der Waals surface area contributed by atoms with Gasteiger partial charge in [0.05, 0.1) is 10.2 Å². The van der Waals surface area contributed by atoms with Crippen molar-refractivity contribution in [2.75, 3.05) is 10.6 Å². The largest absolute Gasteiger partial charge is 0.325 e. The maximum absolute atomic E-state index is 12.8. The molecule has 3 rings (SSSR count). The van der Waals surface area contributed by atoms with Gasteiger partial charge in [0, 0.05) is 5.69 Å². The Morgan fingerprint density at radius 1 is 1.09 bits per heavy atom. The molecule has 0 saturated heterocycles. The van der Waals surface area contributed by atoms with E-state index in [1.54, 1.807) is 0 Å². The number of benzene rings is 2. The van der Waals surface area contributed by atoms with E-state index in [0.29, 0.717) is 10.8 Å². The molecule has 0 atom stereocenters. The molecular weight excluding hydrogens is 301 g/mol. The van der Waals surface area contributed by atoms with Crippen LogP contribution in [0, 0.1) is 19.7 Å². The van der Waals surface area contributed by atoms with Gasteiger partial charge in [0.1, 0.15) is 5.82 Å². The Morgan fingerprint density at radius 3 is 2.55 bits per heavy atom. The number of halogens is 1. The van der Waals surface area contributed by atoms with Crippen molar-refractivity contribution in [2.45, 2.75) is 13.8 Å². The summed E-state index contributed by atoms with van der Waals surface area (Å²) in [6.45, 7) is 4.04. The molecule has 0 saturated carbocycles. The molecule has 112 valence electrons. The number of urea groups is 1. The summed E-state index contributed by atoms with van der Waals surface area (Å²) in [6, 6.07) is 9.22. The van der Waals surface area contributed by atoms with Crippen LogP contribution in [0.15, 0.2) is 36.4 Å². The highest BCUT2D eigenvalue weighted by Gasteiger charge is 2.10. The number of nitrogens with one attached hydrogen (secondary N) is 2. The maximum Gasteiger partial charge on any atom is 0.325 e. The van der Waals surface area contributed by atoms with Crippen LogP contribution in [-0.2, 0) is 0 Å². The fourth-order valence-electron chi connectivity index (χ4n) is 2.07. The zero-order valence-corrected chi connectivity index (χ0v) is 12.9. The van der Waals surface area contributed by atoms with E-state index in [1.165, 1.54) is 41.2 Å².